The van der Waals surface area contributed by atoms with Gasteiger partial charge in [-0.3, -0.25) is 9.52 Å². The molecule has 1 unspecified atom stereocenters. The maximum atomic E-state index is 12.2. The molecule has 0 radical (unpaired) electrons. The minimum absolute atomic E-state index is 0.242. The number of anilines is 2. The maximum absolute atomic E-state index is 12.2. The molecule has 1 aromatic carbocycles. The standard InChI is InChI=1S/C15H15N5O3S2/c1-11(20-10-16-9-17-20)15(21)18-12-4-6-13(7-5-12)19-25(22,23)14-3-2-8-24-14/h2-11,19H,1H3,(H,18,21). The SMILES string of the molecule is CC(C(=O)Nc1ccc(NS(=O)(=O)c2cccs2)cc1)n1cncn1. The third-order valence-electron chi connectivity index (χ3n) is 3.38. The predicted molar refractivity (Wildman–Crippen MR) is 94.9 cm³/mol. The molecule has 0 bridgehead atoms. The Morgan fingerprint density at radius 1 is 1.20 bits per heavy atom. The van der Waals surface area contributed by atoms with Gasteiger partial charge in [0.2, 0.25) is 5.91 Å². The van der Waals surface area contributed by atoms with E-state index in [1.807, 2.05) is 0 Å². The van der Waals surface area contributed by atoms with Crippen molar-refractivity contribution in [2.24, 2.45) is 0 Å². The average Bonchev–Trinajstić information content (AvgIpc) is 3.29. The molecule has 2 aromatic heterocycles. The molecule has 1 amide bonds. The van der Waals surface area contributed by atoms with Gasteiger partial charge < -0.3 is 5.32 Å². The van der Waals surface area contributed by atoms with Crippen molar-refractivity contribution in [1.29, 1.82) is 0 Å². The zero-order valence-corrected chi connectivity index (χ0v) is 14.8. The van der Waals surface area contributed by atoms with E-state index in [4.69, 9.17) is 0 Å². The van der Waals surface area contributed by atoms with Crippen molar-refractivity contribution in [3.8, 4) is 0 Å². The molecule has 0 aliphatic heterocycles. The largest absolute Gasteiger partial charge is 0.324 e. The lowest BCUT2D eigenvalue weighted by Crippen LogP contribution is -2.24. The number of nitrogens with one attached hydrogen (secondary N) is 2. The fourth-order valence-corrected chi connectivity index (χ4v) is 4.08. The predicted octanol–water partition coefficient (Wildman–Crippen LogP) is 2.34. The van der Waals surface area contributed by atoms with Crippen LogP contribution >= 0.6 is 11.3 Å². The molecule has 0 saturated carbocycles. The summed E-state index contributed by atoms with van der Waals surface area (Å²) in [5.41, 5.74) is 0.965. The number of amides is 1. The molecule has 0 fully saturated rings. The van der Waals surface area contributed by atoms with Crippen molar-refractivity contribution in [3.63, 3.8) is 0 Å². The van der Waals surface area contributed by atoms with Crippen LogP contribution in [0.4, 0.5) is 11.4 Å². The molecule has 0 saturated heterocycles. The zero-order chi connectivity index (χ0) is 17.9. The third-order valence-corrected chi connectivity index (χ3v) is 6.16. The molecule has 0 aliphatic rings. The highest BCUT2D eigenvalue weighted by Crippen LogP contribution is 2.21. The van der Waals surface area contributed by atoms with E-state index in [9.17, 15) is 13.2 Å². The quantitative estimate of drug-likeness (QED) is 0.686. The van der Waals surface area contributed by atoms with Gasteiger partial charge in [-0.05, 0) is 42.6 Å². The third kappa shape index (κ3) is 4.03. The Bertz CT molecular complexity index is 936. The van der Waals surface area contributed by atoms with Gasteiger partial charge in [0.05, 0.1) is 0 Å². The van der Waals surface area contributed by atoms with E-state index in [0.717, 1.165) is 11.3 Å². The Balaban J connectivity index is 1.65. The number of hydrogen-bond donors (Lipinski definition) is 2. The van der Waals surface area contributed by atoms with E-state index >= 15 is 0 Å². The second kappa shape index (κ2) is 7.03. The van der Waals surface area contributed by atoms with Crippen LogP contribution in [0.3, 0.4) is 0 Å². The second-order valence-electron chi connectivity index (χ2n) is 5.16. The molecule has 8 nitrogen and oxygen atoms in total. The van der Waals surface area contributed by atoms with Gasteiger partial charge in [-0.1, -0.05) is 6.07 Å². The monoisotopic (exact) mass is 377 g/mol. The maximum Gasteiger partial charge on any atom is 0.271 e. The van der Waals surface area contributed by atoms with Crippen LogP contribution < -0.4 is 10.0 Å². The van der Waals surface area contributed by atoms with E-state index in [0.29, 0.717) is 11.4 Å². The summed E-state index contributed by atoms with van der Waals surface area (Å²) in [5, 5.41) is 8.37. The van der Waals surface area contributed by atoms with Crippen LogP contribution in [0.1, 0.15) is 13.0 Å². The minimum atomic E-state index is -3.59. The van der Waals surface area contributed by atoms with Crippen LogP contribution in [0.25, 0.3) is 0 Å². The summed E-state index contributed by atoms with van der Waals surface area (Å²) in [5.74, 6) is -0.252. The fourth-order valence-electron chi connectivity index (χ4n) is 2.03. The molecule has 10 heteroatoms. The number of carbonyl (C=O) groups is 1. The van der Waals surface area contributed by atoms with Crippen molar-refractivity contribution < 1.29 is 13.2 Å². The molecule has 0 spiro atoms. The Morgan fingerprint density at radius 3 is 2.52 bits per heavy atom. The molecule has 25 heavy (non-hydrogen) atoms. The molecule has 130 valence electrons. The van der Waals surface area contributed by atoms with Gasteiger partial charge in [0.1, 0.15) is 22.9 Å². The number of thiophene rings is 1. The van der Waals surface area contributed by atoms with Crippen LogP contribution in [-0.2, 0) is 14.8 Å². The number of carbonyl (C=O) groups excluding carboxylic acids is 1. The number of nitrogens with zero attached hydrogens (tertiary/aromatic N) is 3. The van der Waals surface area contributed by atoms with Crippen molar-refractivity contribution in [1.82, 2.24) is 14.8 Å². The van der Waals surface area contributed by atoms with Crippen LogP contribution in [0.2, 0.25) is 0 Å². The van der Waals surface area contributed by atoms with Crippen molar-refractivity contribution >= 4 is 38.6 Å². The van der Waals surface area contributed by atoms with Crippen LogP contribution in [0.15, 0.2) is 58.6 Å². The smallest absolute Gasteiger partial charge is 0.271 e. The van der Waals surface area contributed by atoms with E-state index in [1.54, 1.807) is 42.6 Å². The van der Waals surface area contributed by atoms with Gasteiger partial charge in [-0.15, -0.1) is 11.3 Å². The Hall–Kier alpha value is -2.72. The van der Waals surface area contributed by atoms with Gasteiger partial charge in [-0.25, -0.2) is 18.1 Å². The highest BCUT2D eigenvalue weighted by molar-refractivity contribution is 7.94. The van der Waals surface area contributed by atoms with Gasteiger partial charge in [-0.2, -0.15) is 5.10 Å². The van der Waals surface area contributed by atoms with Crippen LogP contribution in [-0.4, -0.2) is 29.1 Å². The van der Waals surface area contributed by atoms with Crippen molar-refractivity contribution in [3.05, 3.63) is 54.4 Å². The lowest BCUT2D eigenvalue weighted by Gasteiger charge is -2.12. The average molecular weight is 377 g/mol. The van der Waals surface area contributed by atoms with Crippen molar-refractivity contribution in [2.45, 2.75) is 17.2 Å². The van der Waals surface area contributed by atoms with Gasteiger partial charge in [0, 0.05) is 11.4 Å². The van der Waals surface area contributed by atoms with Crippen LogP contribution in [0, 0.1) is 0 Å². The number of rotatable bonds is 6. The summed E-state index contributed by atoms with van der Waals surface area (Å²) < 4.78 is 28.5. The Morgan fingerprint density at radius 2 is 1.92 bits per heavy atom. The lowest BCUT2D eigenvalue weighted by atomic mass is 10.2. The second-order valence-corrected chi connectivity index (χ2v) is 8.01. The highest BCUT2D eigenvalue weighted by Gasteiger charge is 2.17. The van der Waals surface area contributed by atoms with Gasteiger partial charge in [0.25, 0.3) is 10.0 Å². The topological polar surface area (TPSA) is 106 Å². The first kappa shape index (κ1) is 17.1. The normalized spacial score (nSPS) is 12.5. The van der Waals surface area contributed by atoms with E-state index in [2.05, 4.69) is 20.1 Å². The molecular formula is C15H15N5O3S2. The Labute approximate surface area is 148 Å². The van der Waals surface area contributed by atoms with E-state index in [-0.39, 0.29) is 10.1 Å². The van der Waals surface area contributed by atoms with Crippen molar-refractivity contribution in [2.75, 3.05) is 10.0 Å². The summed E-state index contributed by atoms with van der Waals surface area (Å²) >= 11 is 1.14. The molecule has 0 aliphatic carbocycles. The molecule has 3 aromatic rings. The van der Waals surface area contributed by atoms with E-state index < -0.39 is 16.1 Å². The number of aromatic nitrogens is 3. The number of benzene rings is 1. The molecule has 3 rings (SSSR count). The van der Waals surface area contributed by atoms with Crippen LogP contribution in [0.5, 0.6) is 0 Å². The molecular weight excluding hydrogens is 362 g/mol. The fraction of sp³-hybridized carbons (Fsp3) is 0.133. The Kier molecular flexibility index (Phi) is 4.81. The summed E-state index contributed by atoms with van der Waals surface area (Å²) in [4.78, 5) is 16.0. The van der Waals surface area contributed by atoms with E-state index in [1.165, 1.54) is 23.4 Å². The summed E-state index contributed by atoms with van der Waals surface area (Å²) in [6, 6.07) is 9.11. The van der Waals surface area contributed by atoms with Gasteiger partial charge in [0.15, 0.2) is 0 Å². The minimum Gasteiger partial charge on any atom is -0.324 e. The summed E-state index contributed by atoms with van der Waals surface area (Å²) in [7, 11) is -3.59. The molecule has 2 heterocycles. The zero-order valence-electron chi connectivity index (χ0n) is 13.2. The first-order valence-corrected chi connectivity index (χ1v) is 9.63. The van der Waals surface area contributed by atoms with Gasteiger partial charge >= 0.3 is 0 Å². The molecule has 1 atom stereocenters. The number of sulfonamides is 1. The summed E-state index contributed by atoms with van der Waals surface area (Å²) in [6.07, 6.45) is 2.82. The lowest BCUT2D eigenvalue weighted by molar-refractivity contribution is -0.119. The summed E-state index contributed by atoms with van der Waals surface area (Å²) in [6.45, 7) is 1.70. The first-order valence-electron chi connectivity index (χ1n) is 7.27. The highest BCUT2D eigenvalue weighted by atomic mass is 32.2. The number of hydrogen-bond acceptors (Lipinski definition) is 6. The molecule has 2 N–H and O–H groups in total. The first-order chi connectivity index (χ1) is 12.0.